The van der Waals surface area contributed by atoms with Crippen molar-refractivity contribution in [2.75, 3.05) is 19.8 Å². The van der Waals surface area contributed by atoms with E-state index < -0.39 is 0 Å². The van der Waals surface area contributed by atoms with Crippen molar-refractivity contribution in [3.8, 4) is 0 Å². The van der Waals surface area contributed by atoms with Crippen LogP contribution in [0, 0.1) is 0 Å². The molecular formula is C15H22N2O3. The van der Waals surface area contributed by atoms with E-state index in [2.05, 4.69) is 0 Å². The second-order valence-corrected chi connectivity index (χ2v) is 5.25. The summed E-state index contributed by atoms with van der Waals surface area (Å²) in [5, 5.41) is 9.15. The van der Waals surface area contributed by atoms with Crippen LogP contribution < -0.4 is 5.73 Å². The Hall–Kier alpha value is -1.43. The summed E-state index contributed by atoms with van der Waals surface area (Å²) < 4.78 is 5.43. The second kappa shape index (κ2) is 6.83. The molecule has 5 heteroatoms. The summed E-state index contributed by atoms with van der Waals surface area (Å²) in [5.41, 5.74) is 7.05. The summed E-state index contributed by atoms with van der Waals surface area (Å²) in [7, 11) is 0. The maximum absolute atomic E-state index is 12.4. The van der Waals surface area contributed by atoms with Gasteiger partial charge in [0.05, 0.1) is 25.4 Å². The van der Waals surface area contributed by atoms with Crippen molar-refractivity contribution in [2.24, 2.45) is 5.73 Å². The first kappa shape index (κ1) is 15.0. The molecule has 1 amide bonds. The van der Waals surface area contributed by atoms with Crippen LogP contribution >= 0.6 is 0 Å². The Kier molecular flexibility index (Phi) is 5.11. The number of carbonyl (C=O) groups excluding carboxylic acids is 1. The van der Waals surface area contributed by atoms with Gasteiger partial charge >= 0.3 is 0 Å². The Bertz CT molecular complexity index is 438. The van der Waals surface area contributed by atoms with Crippen LogP contribution in [0.4, 0.5) is 0 Å². The van der Waals surface area contributed by atoms with E-state index in [1.165, 1.54) is 0 Å². The van der Waals surface area contributed by atoms with Crippen molar-refractivity contribution in [1.82, 2.24) is 4.90 Å². The summed E-state index contributed by atoms with van der Waals surface area (Å²) in [4.78, 5) is 14.1. The molecule has 20 heavy (non-hydrogen) atoms. The summed E-state index contributed by atoms with van der Waals surface area (Å²) in [6, 6.07) is 9.33. The molecule has 0 bridgehead atoms. The molecule has 0 saturated carbocycles. The van der Waals surface area contributed by atoms with Crippen molar-refractivity contribution in [3.63, 3.8) is 0 Å². The molecule has 3 N–H and O–H groups in total. The number of carbonyl (C=O) groups is 1. The van der Waals surface area contributed by atoms with E-state index in [0.717, 1.165) is 5.56 Å². The number of rotatable bonds is 4. The third kappa shape index (κ3) is 3.56. The molecule has 0 aromatic heterocycles. The van der Waals surface area contributed by atoms with Crippen LogP contribution in [0.25, 0.3) is 0 Å². The topological polar surface area (TPSA) is 75.8 Å². The van der Waals surface area contributed by atoms with Crippen molar-refractivity contribution in [3.05, 3.63) is 35.9 Å². The first-order chi connectivity index (χ1) is 9.61. The average molecular weight is 278 g/mol. The molecule has 2 rings (SSSR count). The van der Waals surface area contributed by atoms with Crippen molar-refractivity contribution in [1.29, 1.82) is 0 Å². The molecule has 0 radical (unpaired) electrons. The van der Waals surface area contributed by atoms with Gasteiger partial charge in [0.2, 0.25) is 5.91 Å². The third-order valence-corrected chi connectivity index (χ3v) is 3.65. The number of aliphatic hydroxyl groups is 1. The van der Waals surface area contributed by atoms with E-state index in [1.807, 2.05) is 37.3 Å². The molecule has 1 fully saturated rings. The van der Waals surface area contributed by atoms with Gasteiger partial charge < -0.3 is 20.5 Å². The molecule has 0 aliphatic carbocycles. The highest BCUT2D eigenvalue weighted by atomic mass is 16.5. The monoisotopic (exact) mass is 278 g/mol. The van der Waals surface area contributed by atoms with E-state index in [-0.39, 0.29) is 37.1 Å². The van der Waals surface area contributed by atoms with Gasteiger partial charge in [0.25, 0.3) is 0 Å². The zero-order valence-corrected chi connectivity index (χ0v) is 11.7. The average Bonchev–Trinajstić information content (AvgIpc) is 2.48. The number of nitrogens with two attached hydrogens (primary N) is 1. The zero-order valence-electron chi connectivity index (χ0n) is 11.7. The molecule has 1 heterocycles. The van der Waals surface area contributed by atoms with Gasteiger partial charge in [-0.05, 0) is 12.5 Å². The van der Waals surface area contributed by atoms with E-state index in [1.54, 1.807) is 4.90 Å². The lowest BCUT2D eigenvalue weighted by Gasteiger charge is -2.38. The summed E-state index contributed by atoms with van der Waals surface area (Å²) >= 11 is 0. The number of nitrogens with zero attached hydrogens (tertiary/aromatic N) is 1. The minimum atomic E-state index is -0.300. The van der Waals surface area contributed by atoms with Crippen LogP contribution in [0.2, 0.25) is 0 Å². The maximum Gasteiger partial charge on any atom is 0.224 e. The van der Waals surface area contributed by atoms with Crippen LogP contribution in [0.5, 0.6) is 0 Å². The fourth-order valence-electron chi connectivity index (χ4n) is 2.40. The summed E-state index contributed by atoms with van der Waals surface area (Å²) in [6.45, 7) is 2.76. The minimum Gasteiger partial charge on any atom is -0.394 e. The van der Waals surface area contributed by atoms with Gasteiger partial charge in [0.1, 0.15) is 0 Å². The SMILES string of the molecule is CC1COC(CO)CN1C(=O)CC(N)c1ccccc1. The Morgan fingerprint density at radius 2 is 2.20 bits per heavy atom. The van der Waals surface area contributed by atoms with Gasteiger partial charge in [-0.3, -0.25) is 4.79 Å². The Balaban J connectivity index is 1.96. The lowest BCUT2D eigenvalue weighted by Crippen LogP contribution is -2.52. The molecule has 5 nitrogen and oxygen atoms in total. The highest BCUT2D eigenvalue weighted by Gasteiger charge is 2.29. The molecule has 1 aliphatic rings. The van der Waals surface area contributed by atoms with E-state index in [9.17, 15) is 4.79 Å². The van der Waals surface area contributed by atoms with Gasteiger partial charge in [-0.1, -0.05) is 30.3 Å². The number of hydrogen-bond donors (Lipinski definition) is 2. The highest BCUT2D eigenvalue weighted by Crippen LogP contribution is 2.18. The van der Waals surface area contributed by atoms with Gasteiger partial charge in [0, 0.05) is 19.0 Å². The zero-order chi connectivity index (χ0) is 14.5. The number of morpholine rings is 1. The summed E-state index contributed by atoms with van der Waals surface area (Å²) in [6.07, 6.45) is -0.0185. The molecule has 0 spiro atoms. The fourth-order valence-corrected chi connectivity index (χ4v) is 2.40. The van der Waals surface area contributed by atoms with Gasteiger partial charge in [-0.25, -0.2) is 0 Å². The smallest absolute Gasteiger partial charge is 0.224 e. The number of amides is 1. The molecular weight excluding hydrogens is 256 g/mol. The van der Waals surface area contributed by atoms with Crippen LogP contribution in [0.15, 0.2) is 30.3 Å². The molecule has 1 saturated heterocycles. The number of benzene rings is 1. The second-order valence-electron chi connectivity index (χ2n) is 5.25. The van der Waals surface area contributed by atoms with Gasteiger partial charge in [-0.2, -0.15) is 0 Å². The Morgan fingerprint density at radius 1 is 1.50 bits per heavy atom. The standard InChI is InChI=1S/C15H22N2O3/c1-11-10-20-13(9-18)8-17(11)15(19)7-14(16)12-5-3-2-4-6-12/h2-6,11,13-14,18H,7-10,16H2,1H3. The quantitative estimate of drug-likeness (QED) is 0.849. The first-order valence-corrected chi connectivity index (χ1v) is 6.94. The maximum atomic E-state index is 12.4. The summed E-state index contributed by atoms with van der Waals surface area (Å²) in [5.74, 6) is 0.00982. The largest absolute Gasteiger partial charge is 0.394 e. The van der Waals surface area contributed by atoms with Gasteiger partial charge in [-0.15, -0.1) is 0 Å². The van der Waals surface area contributed by atoms with Crippen LogP contribution in [0.3, 0.4) is 0 Å². The van der Waals surface area contributed by atoms with Crippen molar-refractivity contribution >= 4 is 5.91 Å². The minimum absolute atomic E-state index is 0.00982. The van der Waals surface area contributed by atoms with E-state index >= 15 is 0 Å². The predicted molar refractivity (Wildman–Crippen MR) is 76.0 cm³/mol. The van der Waals surface area contributed by atoms with Crippen LogP contribution in [-0.4, -0.2) is 47.8 Å². The molecule has 1 aromatic carbocycles. The first-order valence-electron chi connectivity index (χ1n) is 6.94. The fraction of sp³-hybridized carbons (Fsp3) is 0.533. The third-order valence-electron chi connectivity index (χ3n) is 3.65. The van der Waals surface area contributed by atoms with Crippen LogP contribution in [-0.2, 0) is 9.53 Å². The highest BCUT2D eigenvalue weighted by molar-refractivity contribution is 5.77. The molecule has 3 atom stereocenters. The Morgan fingerprint density at radius 3 is 2.85 bits per heavy atom. The van der Waals surface area contributed by atoms with Crippen LogP contribution in [0.1, 0.15) is 24.9 Å². The van der Waals surface area contributed by atoms with Crippen molar-refractivity contribution in [2.45, 2.75) is 31.5 Å². The molecule has 1 aliphatic heterocycles. The number of ether oxygens (including phenoxy) is 1. The van der Waals surface area contributed by atoms with Gasteiger partial charge in [0.15, 0.2) is 0 Å². The predicted octanol–water partition coefficient (Wildman–Crippen LogP) is 0.685. The normalized spacial score (nSPS) is 24.4. The number of aliphatic hydroxyl groups excluding tert-OH is 1. The Labute approximate surface area is 119 Å². The number of hydrogen-bond acceptors (Lipinski definition) is 4. The van der Waals surface area contributed by atoms with E-state index in [0.29, 0.717) is 13.2 Å². The molecule has 110 valence electrons. The molecule has 1 aromatic rings. The van der Waals surface area contributed by atoms with Crippen molar-refractivity contribution < 1.29 is 14.6 Å². The lowest BCUT2D eigenvalue weighted by atomic mass is 10.0. The lowest BCUT2D eigenvalue weighted by molar-refractivity contribution is -0.146. The molecule has 3 unspecified atom stereocenters. The van der Waals surface area contributed by atoms with E-state index in [4.69, 9.17) is 15.6 Å².